The molecule has 0 spiro atoms. The average molecular weight is 407 g/mol. The minimum absolute atomic E-state index is 0.0650. The van der Waals surface area contributed by atoms with E-state index in [0.717, 1.165) is 48.4 Å². The molecule has 1 amide bonds. The number of amides is 1. The monoisotopic (exact) mass is 407 g/mol. The summed E-state index contributed by atoms with van der Waals surface area (Å²) < 4.78 is 15.1. The standard InChI is InChI=1S/C23H26FN5O/c24-20-3-1-17(2-4-20)13-21-14-22(19-5-9-26-10-6-19)27-29(21)16-23(30)28-11-7-18(15-25)8-12-28/h1-6,9-10,14,18H,7-8,11-13,15-16,25H2. The number of carbonyl (C=O) groups is 1. The van der Waals surface area contributed by atoms with E-state index in [1.54, 1.807) is 29.2 Å². The molecule has 0 atom stereocenters. The lowest BCUT2D eigenvalue weighted by atomic mass is 9.97. The van der Waals surface area contributed by atoms with Crippen molar-refractivity contribution in [1.82, 2.24) is 19.7 Å². The Balaban J connectivity index is 1.56. The predicted molar refractivity (Wildman–Crippen MR) is 113 cm³/mol. The molecule has 1 aliphatic heterocycles. The van der Waals surface area contributed by atoms with Crippen LogP contribution < -0.4 is 5.73 Å². The van der Waals surface area contributed by atoms with Gasteiger partial charge in [-0.3, -0.25) is 14.5 Å². The molecule has 7 heteroatoms. The molecule has 0 radical (unpaired) electrons. The first-order valence-electron chi connectivity index (χ1n) is 10.3. The van der Waals surface area contributed by atoms with E-state index in [2.05, 4.69) is 4.98 Å². The SMILES string of the molecule is NCC1CCN(C(=O)Cn2nc(-c3ccncc3)cc2Cc2ccc(F)cc2)CC1. The molecule has 156 valence electrons. The van der Waals surface area contributed by atoms with Crippen molar-refractivity contribution in [3.63, 3.8) is 0 Å². The third kappa shape index (κ3) is 4.74. The number of nitrogens with zero attached hydrogens (tertiary/aromatic N) is 4. The Kier molecular flexibility index (Phi) is 6.18. The molecule has 1 saturated heterocycles. The molecule has 0 aliphatic carbocycles. The molecule has 30 heavy (non-hydrogen) atoms. The number of halogens is 1. The lowest BCUT2D eigenvalue weighted by molar-refractivity contribution is -0.133. The number of hydrogen-bond acceptors (Lipinski definition) is 4. The fourth-order valence-corrected chi connectivity index (χ4v) is 3.86. The summed E-state index contributed by atoms with van der Waals surface area (Å²) in [6.45, 7) is 2.35. The summed E-state index contributed by atoms with van der Waals surface area (Å²) >= 11 is 0. The maximum atomic E-state index is 13.3. The lowest BCUT2D eigenvalue weighted by Crippen LogP contribution is -2.41. The van der Waals surface area contributed by atoms with Gasteiger partial charge in [0.05, 0.1) is 5.69 Å². The van der Waals surface area contributed by atoms with Gasteiger partial charge in [0, 0.05) is 43.2 Å². The van der Waals surface area contributed by atoms with E-state index < -0.39 is 0 Å². The van der Waals surface area contributed by atoms with E-state index in [4.69, 9.17) is 10.8 Å². The molecular formula is C23H26FN5O. The first-order chi connectivity index (χ1) is 14.6. The van der Waals surface area contributed by atoms with Crippen molar-refractivity contribution >= 4 is 5.91 Å². The van der Waals surface area contributed by atoms with Gasteiger partial charge < -0.3 is 10.6 Å². The topological polar surface area (TPSA) is 77.0 Å². The van der Waals surface area contributed by atoms with Crippen molar-refractivity contribution in [2.75, 3.05) is 19.6 Å². The second kappa shape index (κ2) is 9.17. The summed E-state index contributed by atoms with van der Waals surface area (Å²) in [7, 11) is 0. The number of carbonyl (C=O) groups excluding carboxylic acids is 1. The molecule has 6 nitrogen and oxygen atoms in total. The maximum Gasteiger partial charge on any atom is 0.244 e. The largest absolute Gasteiger partial charge is 0.341 e. The zero-order chi connectivity index (χ0) is 20.9. The van der Waals surface area contributed by atoms with E-state index >= 15 is 0 Å². The summed E-state index contributed by atoms with van der Waals surface area (Å²) in [5.74, 6) is 0.307. The smallest absolute Gasteiger partial charge is 0.244 e. The van der Waals surface area contributed by atoms with Crippen LogP contribution in [0.2, 0.25) is 0 Å². The fourth-order valence-electron chi connectivity index (χ4n) is 3.86. The van der Waals surface area contributed by atoms with Crippen molar-refractivity contribution in [1.29, 1.82) is 0 Å². The van der Waals surface area contributed by atoms with E-state index in [9.17, 15) is 9.18 Å². The number of aromatic nitrogens is 3. The summed E-state index contributed by atoms with van der Waals surface area (Å²) in [6.07, 6.45) is 5.92. The van der Waals surface area contributed by atoms with Gasteiger partial charge in [-0.05, 0) is 61.2 Å². The van der Waals surface area contributed by atoms with Gasteiger partial charge in [0.25, 0.3) is 0 Å². The Morgan fingerprint density at radius 3 is 2.47 bits per heavy atom. The van der Waals surface area contributed by atoms with Crippen LogP contribution in [0.15, 0.2) is 54.9 Å². The molecular weight excluding hydrogens is 381 g/mol. The lowest BCUT2D eigenvalue weighted by Gasteiger charge is -2.31. The van der Waals surface area contributed by atoms with Gasteiger partial charge in [0.1, 0.15) is 12.4 Å². The number of rotatable bonds is 6. The normalized spacial score (nSPS) is 14.8. The number of nitrogens with two attached hydrogens (primary N) is 1. The predicted octanol–water partition coefficient (Wildman–Crippen LogP) is 2.87. The Labute approximate surface area is 175 Å². The van der Waals surface area contributed by atoms with Crippen LogP contribution in [-0.2, 0) is 17.8 Å². The Hall–Kier alpha value is -3.06. The quantitative estimate of drug-likeness (QED) is 0.682. The zero-order valence-electron chi connectivity index (χ0n) is 16.9. The van der Waals surface area contributed by atoms with Crippen molar-refractivity contribution in [3.05, 3.63) is 71.9 Å². The van der Waals surface area contributed by atoms with Crippen LogP contribution in [0.1, 0.15) is 24.1 Å². The Morgan fingerprint density at radius 2 is 1.80 bits per heavy atom. The van der Waals surface area contributed by atoms with Crippen molar-refractivity contribution < 1.29 is 9.18 Å². The molecule has 3 aromatic rings. The van der Waals surface area contributed by atoms with Crippen LogP contribution in [0.5, 0.6) is 0 Å². The van der Waals surface area contributed by atoms with Gasteiger partial charge in [0.15, 0.2) is 0 Å². The molecule has 2 N–H and O–H groups in total. The van der Waals surface area contributed by atoms with Gasteiger partial charge in [0.2, 0.25) is 5.91 Å². The number of likely N-dealkylation sites (tertiary alicyclic amines) is 1. The van der Waals surface area contributed by atoms with Crippen LogP contribution in [0.25, 0.3) is 11.3 Å². The molecule has 0 unspecified atom stereocenters. The molecule has 0 saturated carbocycles. The van der Waals surface area contributed by atoms with Crippen LogP contribution in [0.4, 0.5) is 4.39 Å². The van der Waals surface area contributed by atoms with Crippen LogP contribution >= 0.6 is 0 Å². The zero-order valence-corrected chi connectivity index (χ0v) is 16.9. The van der Waals surface area contributed by atoms with Crippen LogP contribution in [0, 0.1) is 11.7 Å². The highest BCUT2D eigenvalue weighted by Crippen LogP contribution is 2.22. The van der Waals surface area contributed by atoms with Crippen LogP contribution in [-0.4, -0.2) is 45.2 Å². The third-order valence-corrected chi connectivity index (χ3v) is 5.72. The summed E-state index contributed by atoms with van der Waals surface area (Å²) in [4.78, 5) is 18.9. The van der Waals surface area contributed by atoms with Gasteiger partial charge >= 0.3 is 0 Å². The number of benzene rings is 1. The van der Waals surface area contributed by atoms with Gasteiger partial charge in [-0.2, -0.15) is 5.10 Å². The number of pyridine rings is 1. The van der Waals surface area contributed by atoms with Crippen molar-refractivity contribution in [2.24, 2.45) is 11.7 Å². The van der Waals surface area contributed by atoms with E-state index in [1.807, 2.05) is 23.1 Å². The molecule has 3 heterocycles. The van der Waals surface area contributed by atoms with Crippen molar-refractivity contribution in [2.45, 2.75) is 25.8 Å². The molecule has 0 bridgehead atoms. The van der Waals surface area contributed by atoms with Crippen molar-refractivity contribution in [3.8, 4) is 11.3 Å². The highest BCUT2D eigenvalue weighted by Gasteiger charge is 2.23. The van der Waals surface area contributed by atoms with Crippen LogP contribution in [0.3, 0.4) is 0 Å². The molecule has 2 aromatic heterocycles. The van der Waals surface area contributed by atoms with E-state index in [1.165, 1.54) is 12.1 Å². The molecule has 1 aromatic carbocycles. The summed E-state index contributed by atoms with van der Waals surface area (Å²) in [5.41, 5.74) is 9.39. The first-order valence-corrected chi connectivity index (χ1v) is 10.3. The minimum Gasteiger partial charge on any atom is -0.341 e. The second-order valence-corrected chi connectivity index (χ2v) is 7.78. The Bertz CT molecular complexity index is 979. The van der Waals surface area contributed by atoms with Gasteiger partial charge in [-0.25, -0.2) is 4.39 Å². The minimum atomic E-state index is -0.263. The summed E-state index contributed by atoms with van der Waals surface area (Å²) in [6, 6.07) is 12.2. The molecule has 4 rings (SSSR count). The van der Waals surface area contributed by atoms with Gasteiger partial charge in [-0.15, -0.1) is 0 Å². The molecule has 1 fully saturated rings. The number of piperidine rings is 1. The number of hydrogen-bond donors (Lipinski definition) is 1. The Morgan fingerprint density at radius 1 is 1.10 bits per heavy atom. The average Bonchev–Trinajstić information content (AvgIpc) is 3.18. The highest BCUT2D eigenvalue weighted by molar-refractivity contribution is 5.76. The summed E-state index contributed by atoms with van der Waals surface area (Å²) in [5, 5.41) is 4.71. The maximum absolute atomic E-state index is 13.3. The van der Waals surface area contributed by atoms with Gasteiger partial charge in [-0.1, -0.05) is 12.1 Å². The van der Waals surface area contributed by atoms with E-state index in [0.29, 0.717) is 18.9 Å². The second-order valence-electron chi connectivity index (χ2n) is 7.78. The molecule has 1 aliphatic rings. The highest BCUT2D eigenvalue weighted by atomic mass is 19.1. The first kappa shape index (κ1) is 20.2. The third-order valence-electron chi connectivity index (χ3n) is 5.72. The van der Waals surface area contributed by atoms with E-state index in [-0.39, 0.29) is 18.3 Å². The fraction of sp³-hybridized carbons (Fsp3) is 0.348.